The van der Waals surface area contributed by atoms with Crippen molar-refractivity contribution in [3.05, 3.63) is 24.4 Å². The highest BCUT2D eigenvalue weighted by Gasteiger charge is 2.27. The van der Waals surface area contributed by atoms with Crippen LogP contribution in [0.4, 0.5) is 0 Å². The topological polar surface area (TPSA) is 51.2 Å². The fourth-order valence-electron chi connectivity index (χ4n) is 2.78. The normalized spacial score (nSPS) is 26.0. The number of ether oxygens (including phenoxy) is 1. The first-order valence-corrected chi connectivity index (χ1v) is 7.66. The average molecular weight is 274 g/mol. The lowest BCUT2D eigenvalue weighted by Crippen LogP contribution is -2.39. The molecule has 0 aromatic carbocycles. The third-order valence-electron chi connectivity index (χ3n) is 4.14. The lowest BCUT2D eigenvalue weighted by atomic mass is 9.93. The van der Waals surface area contributed by atoms with Crippen molar-refractivity contribution >= 4 is 5.91 Å². The van der Waals surface area contributed by atoms with E-state index in [0.717, 1.165) is 32.1 Å². The Morgan fingerprint density at radius 2 is 2.00 bits per heavy atom. The van der Waals surface area contributed by atoms with Gasteiger partial charge in [0.2, 0.25) is 11.8 Å². The van der Waals surface area contributed by atoms with Gasteiger partial charge in [0.05, 0.1) is 0 Å². The smallest absolute Gasteiger partial charge is 0.220 e. The molecule has 0 aliphatic heterocycles. The molecule has 2 saturated carbocycles. The van der Waals surface area contributed by atoms with Gasteiger partial charge in [-0.15, -0.1) is 0 Å². The van der Waals surface area contributed by atoms with Crippen LogP contribution >= 0.6 is 0 Å². The van der Waals surface area contributed by atoms with E-state index in [1.807, 2.05) is 18.2 Å². The molecule has 2 aliphatic rings. The molecule has 0 spiro atoms. The molecule has 20 heavy (non-hydrogen) atoms. The van der Waals surface area contributed by atoms with Gasteiger partial charge in [0.15, 0.2) is 0 Å². The molecule has 4 heteroatoms. The highest BCUT2D eigenvalue weighted by atomic mass is 16.5. The molecule has 0 saturated heterocycles. The first-order chi connectivity index (χ1) is 9.79. The maximum absolute atomic E-state index is 11.8. The Kier molecular flexibility index (Phi) is 4.19. The van der Waals surface area contributed by atoms with E-state index in [1.165, 1.54) is 12.8 Å². The molecule has 4 nitrogen and oxygen atoms in total. The Balaban J connectivity index is 1.39. The second-order valence-corrected chi connectivity index (χ2v) is 5.97. The van der Waals surface area contributed by atoms with E-state index in [4.69, 9.17) is 4.74 Å². The van der Waals surface area contributed by atoms with Crippen molar-refractivity contribution in [3.63, 3.8) is 0 Å². The number of carbonyl (C=O) groups excluding carboxylic acids is 1. The van der Waals surface area contributed by atoms with Gasteiger partial charge in [-0.05, 0) is 50.5 Å². The summed E-state index contributed by atoms with van der Waals surface area (Å²) < 4.78 is 5.86. The van der Waals surface area contributed by atoms with Gasteiger partial charge in [-0.1, -0.05) is 6.07 Å². The molecule has 1 N–H and O–H groups in total. The highest BCUT2D eigenvalue weighted by Crippen LogP contribution is 2.32. The summed E-state index contributed by atoms with van der Waals surface area (Å²) in [7, 11) is 0. The molecule has 3 rings (SSSR count). The molecule has 1 aromatic rings. The van der Waals surface area contributed by atoms with Gasteiger partial charge in [-0.3, -0.25) is 4.79 Å². The molecule has 0 radical (unpaired) electrons. The van der Waals surface area contributed by atoms with Crippen LogP contribution in [-0.2, 0) is 4.79 Å². The van der Waals surface area contributed by atoms with Crippen molar-refractivity contribution in [2.24, 2.45) is 5.92 Å². The third-order valence-corrected chi connectivity index (χ3v) is 4.14. The van der Waals surface area contributed by atoms with E-state index in [9.17, 15) is 4.79 Å². The van der Waals surface area contributed by atoms with Gasteiger partial charge in [0.25, 0.3) is 0 Å². The lowest BCUT2D eigenvalue weighted by molar-refractivity contribution is -0.122. The van der Waals surface area contributed by atoms with E-state index < -0.39 is 0 Å². The molecule has 0 bridgehead atoms. The minimum atomic E-state index is 0.237. The molecule has 2 aliphatic carbocycles. The number of carbonyl (C=O) groups is 1. The number of hydrogen-bond donors (Lipinski definition) is 1. The van der Waals surface area contributed by atoms with E-state index >= 15 is 0 Å². The maximum atomic E-state index is 11.8. The van der Waals surface area contributed by atoms with Crippen molar-refractivity contribution in [1.82, 2.24) is 10.3 Å². The second kappa shape index (κ2) is 6.25. The Morgan fingerprint density at radius 3 is 2.65 bits per heavy atom. The summed E-state index contributed by atoms with van der Waals surface area (Å²) in [5.41, 5.74) is 0. The molecule has 1 aromatic heterocycles. The molecule has 2 fully saturated rings. The van der Waals surface area contributed by atoms with Crippen LogP contribution in [0.1, 0.15) is 44.9 Å². The summed E-state index contributed by atoms with van der Waals surface area (Å²) in [6.07, 6.45) is 9.18. The monoisotopic (exact) mass is 274 g/mol. The molecule has 0 atom stereocenters. The van der Waals surface area contributed by atoms with Crippen LogP contribution in [-0.4, -0.2) is 23.0 Å². The predicted octanol–water partition coefficient (Wildman–Crippen LogP) is 2.69. The number of amides is 1. The van der Waals surface area contributed by atoms with Crippen molar-refractivity contribution < 1.29 is 9.53 Å². The summed E-state index contributed by atoms with van der Waals surface area (Å²) in [6, 6.07) is 6.05. The summed E-state index contributed by atoms with van der Waals surface area (Å²) in [5.74, 6) is 1.61. The number of aromatic nitrogens is 1. The summed E-state index contributed by atoms with van der Waals surface area (Å²) in [4.78, 5) is 16.0. The van der Waals surface area contributed by atoms with Crippen molar-refractivity contribution in [3.8, 4) is 5.88 Å². The lowest BCUT2D eigenvalue weighted by Gasteiger charge is -2.29. The zero-order chi connectivity index (χ0) is 13.8. The fraction of sp³-hybridized carbons (Fsp3) is 0.625. The van der Waals surface area contributed by atoms with Gasteiger partial charge in [0, 0.05) is 24.7 Å². The number of hydrogen-bond acceptors (Lipinski definition) is 3. The molecular formula is C16H22N2O2. The van der Waals surface area contributed by atoms with E-state index in [-0.39, 0.29) is 12.0 Å². The van der Waals surface area contributed by atoms with Crippen LogP contribution in [0.2, 0.25) is 0 Å². The van der Waals surface area contributed by atoms with Crippen LogP contribution in [0.3, 0.4) is 0 Å². The van der Waals surface area contributed by atoms with Crippen molar-refractivity contribution in [2.45, 2.75) is 57.1 Å². The Morgan fingerprint density at radius 1 is 1.20 bits per heavy atom. The van der Waals surface area contributed by atoms with E-state index in [2.05, 4.69) is 10.3 Å². The summed E-state index contributed by atoms with van der Waals surface area (Å²) in [6.45, 7) is 0. The zero-order valence-corrected chi connectivity index (χ0v) is 11.8. The van der Waals surface area contributed by atoms with Crippen LogP contribution in [0, 0.1) is 5.92 Å². The molecule has 1 amide bonds. The zero-order valence-electron chi connectivity index (χ0n) is 11.8. The molecule has 1 heterocycles. The maximum Gasteiger partial charge on any atom is 0.220 e. The fourth-order valence-corrected chi connectivity index (χ4v) is 2.78. The largest absolute Gasteiger partial charge is 0.474 e. The Labute approximate surface area is 119 Å². The van der Waals surface area contributed by atoms with E-state index in [1.54, 1.807) is 6.20 Å². The van der Waals surface area contributed by atoms with Crippen molar-refractivity contribution in [1.29, 1.82) is 0 Å². The second-order valence-electron chi connectivity index (χ2n) is 5.97. The average Bonchev–Trinajstić information content (AvgIpc) is 3.26. The Hall–Kier alpha value is -1.58. The minimum absolute atomic E-state index is 0.237. The SMILES string of the molecule is O=C(CC1CC1)NC1CCC(Oc2ccccn2)CC1. The van der Waals surface area contributed by atoms with Gasteiger partial charge in [0.1, 0.15) is 6.10 Å². The van der Waals surface area contributed by atoms with E-state index in [0.29, 0.717) is 17.8 Å². The van der Waals surface area contributed by atoms with Gasteiger partial charge < -0.3 is 10.1 Å². The van der Waals surface area contributed by atoms with Gasteiger partial charge in [-0.2, -0.15) is 0 Å². The summed E-state index contributed by atoms with van der Waals surface area (Å²) >= 11 is 0. The van der Waals surface area contributed by atoms with Crippen LogP contribution in [0.25, 0.3) is 0 Å². The number of nitrogens with zero attached hydrogens (tertiary/aromatic N) is 1. The molecular weight excluding hydrogens is 252 g/mol. The highest BCUT2D eigenvalue weighted by molar-refractivity contribution is 5.76. The predicted molar refractivity (Wildman–Crippen MR) is 76.4 cm³/mol. The third kappa shape index (κ3) is 3.95. The van der Waals surface area contributed by atoms with Crippen LogP contribution in [0.5, 0.6) is 5.88 Å². The van der Waals surface area contributed by atoms with Crippen LogP contribution in [0.15, 0.2) is 24.4 Å². The first kappa shape index (κ1) is 13.4. The molecule has 0 unspecified atom stereocenters. The summed E-state index contributed by atoms with van der Waals surface area (Å²) in [5, 5.41) is 3.16. The number of nitrogens with one attached hydrogen (secondary N) is 1. The number of rotatable bonds is 5. The standard InChI is InChI=1S/C16H22N2O2/c19-15(11-12-4-5-12)18-13-6-8-14(9-7-13)20-16-3-1-2-10-17-16/h1-3,10,12-14H,4-9,11H2,(H,18,19). The first-order valence-electron chi connectivity index (χ1n) is 7.66. The van der Waals surface area contributed by atoms with Gasteiger partial charge >= 0.3 is 0 Å². The molecule has 108 valence electrons. The van der Waals surface area contributed by atoms with Crippen molar-refractivity contribution in [2.75, 3.05) is 0 Å². The quantitative estimate of drug-likeness (QED) is 0.898. The van der Waals surface area contributed by atoms with Crippen LogP contribution < -0.4 is 10.1 Å². The number of pyridine rings is 1. The van der Waals surface area contributed by atoms with Gasteiger partial charge in [-0.25, -0.2) is 4.98 Å². The Bertz CT molecular complexity index is 437. The minimum Gasteiger partial charge on any atom is -0.474 e.